The van der Waals surface area contributed by atoms with Gasteiger partial charge in [-0.25, -0.2) is 0 Å². The van der Waals surface area contributed by atoms with Crippen LogP contribution in [0, 0.1) is 13.8 Å². The Morgan fingerprint density at radius 2 is 2.05 bits per heavy atom. The third kappa shape index (κ3) is 3.83. The Kier molecular flexibility index (Phi) is 5.62. The third-order valence-corrected chi connectivity index (χ3v) is 4.61. The molecule has 1 saturated heterocycles. The van der Waals surface area contributed by atoms with Gasteiger partial charge in [-0.05, 0) is 37.8 Å². The van der Waals surface area contributed by atoms with Crippen molar-refractivity contribution < 1.29 is 0 Å². The van der Waals surface area contributed by atoms with Gasteiger partial charge in [0, 0.05) is 31.7 Å². The quantitative estimate of drug-likeness (QED) is 0.881. The molecule has 0 radical (unpaired) electrons. The predicted molar refractivity (Wildman–Crippen MR) is 87.1 cm³/mol. The van der Waals surface area contributed by atoms with Crippen molar-refractivity contribution in [3.05, 3.63) is 34.9 Å². The number of hydrogen-bond donors (Lipinski definition) is 1. The predicted octanol–water partition coefficient (Wildman–Crippen LogP) is 3.66. The van der Waals surface area contributed by atoms with Gasteiger partial charge in [0.05, 0.1) is 0 Å². The summed E-state index contributed by atoms with van der Waals surface area (Å²) >= 11 is 0. The highest BCUT2D eigenvalue weighted by molar-refractivity contribution is 5.30. The normalized spacial score (nSPS) is 24.0. The lowest BCUT2D eigenvalue weighted by atomic mass is 10.00. The monoisotopic (exact) mass is 274 g/mol. The molecule has 0 spiro atoms. The molecule has 2 atom stereocenters. The van der Waals surface area contributed by atoms with Crippen molar-refractivity contribution in [2.24, 2.45) is 0 Å². The highest BCUT2D eigenvalue weighted by atomic mass is 15.2. The summed E-state index contributed by atoms with van der Waals surface area (Å²) in [6.45, 7) is 12.5. The lowest BCUT2D eigenvalue weighted by Crippen LogP contribution is -2.55. The maximum Gasteiger partial charge on any atom is 0.0240 e. The van der Waals surface area contributed by atoms with E-state index in [4.69, 9.17) is 0 Å². The molecule has 1 aliphatic rings. The molecule has 2 rings (SSSR count). The van der Waals surface area contributed by atoms with Crippen molar-refractivity contribution in [2.45, 2.75) is 65.6 Å². The highest BCUT2D eigenvalue weighted by Gasteiger charge is 2.26. The van der Waals surface area contributed by atoms with E-state index >= 15 is 0 Å². The van der Waals surface area contributed by atoms with Gasteiger partial charge in [0.2, 0.25) is 0 Å². The number of piperazine rings is 1. The van der Waals surface area contributed by atoms with Crippen molar-refractivity contribution >= 4 is 0 Å². The smallest absolute Gasteiger partial charge is 0.0240 e. The summed E-state index contributed by atoms with van der Waals surface area (Å²) in [5, 5.41) is 3.70. The van der Waals surface area contributed by atoms with Crippen molar-refractivity contribution in [1.29, 1.82) is 0 Å². The van der Waals surface area contributed by atoms with Crippen molar-refractivity contribution in [3.63, 3.8) is 0 Å². The van der Waals surface area contributed by atoms with Crippen LogP contribution in [0.15, 0.2) is 18.2 Å². The van der Waals surface area contributed by atoms with Gasteiger partial charge in [-0.15, -0.1) is 0 Å². The lowest BCUT2D eigenvalue weighted by Gasteiger charge is -2.40. The first kappa shape index (κ1) is 15.5. The Morgan fingerprint density at radius 3 is 2.75 bits per heavy atom. The number of nitrogens with zero attached hydrogens (tertiary/aromatic N) is 1. The zero-order valence-corrected chi connectivity index (χ0v) is 13.6. The fourth-order valence-electron chi connectivity index (χ4n) is 3.20. The summed E-state index contributed by atoms with van der Waals surface area (Å²) in [6, 6.07) is 8.20. The summed E-state index contributed by atoms with van der Waals surface area (Å²) in [6.07, 6.45) is 3.79. The van der Waals surface area contributed by atoms with Crippen molar-refractivity contribution in [3.8, 4) is 0 Å². The fraction of sp³-hybridized carbons (Fsp3) is 0.667. The number of aryl methyl sites for hydroxylation is 2. The standard InChI is InChI=1S/C18H30N2/c1-5-7-18-11-19-17(6-2)13-20(18)12-16-10-14(3)8-9-15(16)4/h8-10,17-19H,5-7,11-13H2,1-4H3. The zero-order valence-electron chi connectivity index (χ0n) is 13.6. The minimum atomic E-state index is 0.660. The first-order valence-corrected chi connectivity index (χ1v) is 8.17. The lowest BCUT2D eigenvalue weighted by molar-refractivity contribution is 0.113. The van der Waals surface area contributed by atoms with E-state index in [1.54, 1.807) is 0 Å². The van der Waals surface area contributed by atoms with Crippen LogP contribution in [-0.2, 0) is 6.54 Å². The van der Waals surface area contributed by atoms with E-state index < -0.39 is 0 Å². The maximum absolute atomic E-state index is 3.70. The van der Waals surface area contributed by atoms with Crippen LogP contribution in [0.2, 0.25) is 0 Å². The van der Waals surface area contributed by atoms with E-state index in [1.165, 1.54) is 42.5 Å². The third-order valence-electron chi connectivity index (χ3n) is 4.61. The van der Waals surface area contributed by atoms with Crippen molar-refractivity contribution in [1.82, 2.24) is 10.2 Å². The SMILES string of the molecule is CCCC1CNC(CC)CN1Cc1cc(C)ccc1C. The first-order chi connectivity index (χ1) is 9.63. The Morgan fingerprint density at radius 1 is 1.25 bits per heavy atom. The molecule has 112 valence electrons. The molecule has 1 fully saturated rings. The average molecular weight is 274 g/mol. The van der Waals surface area contributed by atoms with Crippen LogP contribution < -0.4 is 5.32 Å². The molecule has 20 heavy (non-hydrogen) atoms. The van der Waals surface area contributed by atoms with Crippen LogP contribution in [-0.4, -0.2) is 30.1 Å². The molecule has 0 saturated carbocycles. The van der Waals surface area contributed by atoms with Gasteiger partial charge in [-0.3, -0.25) is 4.90 Å². The van der Waals surface area contributed by atoms with Gasteiger partial charge in [-0.2, -0.15) is 0 Å². The number of hydrogen-bond acceptors (Lipinski definition) is 2. The molecule has 0 aliphatic carbocycles. The molecular formula is C18H30N2. The molecule has 0 aromatic heterocycles. The van der Waals surface area contributed by atoms with Crippen LogP contribution in [0.3, 0.4) is 0 Å². The van der Waals surface area contributed by atoms with E-state index in [9.17, 15) is 0 Å². The van der Waals surface area contributed by atoms with Gasteiger partial charge >= 0.3 is 0 Å². The van der Waals surface area contributed by atoms with Crippen LogP contribution in [0.5, 0.6) is 0 Å². The first-order valence-electron chi connectivity index (χ1n) is 8.17. The molecular weight excluding hydrogens is 244 g/mol. The van der Waals surface area contributed by atoms with Crippen LogP contribution in [0.25, 0.3) is 0 Å². The minimum Gasteiger partial charge on any atom is -0.311 e. The largest absolute Gasteiger partial charge is 0.311 e. The molecule has 1 aromatic rings. The summed E-state index contributed by atoms with van der Waals surface area (Å²) in [4.78, 5) is 2.70. The minimum absolute atomic E-state index is 0.660. The second-order valence-electron chi connectivity index (χ2n) is 6.32. The van der Waals surface area contributed by atoms with Gasteiger partial charge < -0.3 is 5.32 Å². The summed E-state index contributed by atoms with van der Waals surface area (Å²) in [5.41, 5.74) is 4.31. The Labute approximate surface area is 124 Å². The van der Waals surface area contributed by atoms with Gasteiger partial charge in [-0.1, -0.05) is 44.0 Å². The molecule has 2 nitrogen and oxygen atoms in total. The topological polar surface area (TPSA) is 15.3 Å². The molecule has 1 aliphatic heterocycles. The maximum atomic E-state index is 3.70. The number of rotatable bonds is 5. The van der Waals surface area contributed by atoms with Crippen LogP contribution in [0.4, 0.5) is 0 Å². The Bertz CT molecular complexity index is 427. The van der Waals surface area contributed by atoms with E-state index in [1.807, 2.05) is 0 Å². The number of nitrogens with one attached hydrogen (secondary N) is 1. The molecule has 1 aromatic carbocycles. The van der Waals surface area contributed by atoms with Crippen LogP contribution in [0.1, 0.15) is 49.8 Å². The fourth-order valence-corrected chi connectivity index (χ4v) is 3.20. The summed E-state index contributed by atoms with van der Waals surface area (Å²) in [7, 11) is 0. The Balaban J connectivity index is 2.11. The van der Waals surface area contributed by atoms with Crippen molar-refractivity contribution in [2.75, 3.05) is 13.1 Å². The molecule has 1 N–H and O–H groups in total. The average Bonchev–Trinajstić information content (AvgIpc) is 2.45. The van der Waals surface area contributed by atoms with Crippen LogP contribution >= 0.6 is 0 Å². The molecule has 2 heteroatoms. The van der Waals surface area contributed by atoms with Gasteiger partial charge in [0.15, 0.2) is 0 Å². The second-order valence-corrected chi connectivity index (χ2v) is 6.32. The highest BCUT2D eigenvalue weighted by Crippen LogP contribution is 2.20. The van der Waals surface area contributed by atoms with E-state index in [2.05, 4.69) is 56.1 Å². The van der Waals surface area contributed by atoms with E-state index in [0.717, 1.165) is 13.1 Å². The summed E-state index contributed by atoms with van der Waals surface area (Å²) < 4.78 is 0. The van der Waals surface area contributed by atoms with Gasteiger partial charge in [0.1, 0.15) is 0 Å². The molecule has 2 unspecified atom stereocenters. The van der Waals surface area contributed by atoms with E-state index in [-0.39, 0.29) is 0 Å². The molecule has 1 heterocycles. The Hall–Kier alpha value is -0.860. The second kappa shape index (κ2) is 7.24. The zero-order chi connectivity index (χ0) is 14.5. The number of benzene rings is 1. The molecule has 0 amide bonds. The summed E-state index contributed by atoms with van der Waals surface area (Å²) in [5.74, 6) is 0. The van der Waals surface area contributed by atoms with E-state index in [0.29, 0.717) is 12.1 Å². The van der Waals surface area contributed by atoms with Gasteiger partial charge in [0.25, 0.3) is 0 Å². The molecule has 0 bridgehead atoms.